The molecule has 1 aromatic rings. The van der Waals surface area contributed by atoms with E-state index < -0.39 is 0 Å². The molecule has 1 saturated carbocycles. The van der Waals surface area contributed by atoms with Crippen LogP contribution >= 0.6 is 0 Å². The third-order valence-corrected chi connectivity index (χ3v) is 4.14. The van der Waals surface area contributed by atoms with Gasteiger partial charge in [0.25, 0.3) is 0 Å². The maximum atomic E-state index is 6.04. The summed E-state index contributed by atoms with van der Waals surface area (Å²) in [6.45, 7) is 6.89. The highest BCUT2D eigenvalue weighted by Gasteiger charge is 2.22. The first-order valence-electron chi connectivity index (χ1n) is 6.91. The van der Waals surface area contributed by atoms with Crippen LogP contribution in [-0.4, -0.2) is 11.1 Å². The number of hydrogen-bond acceptors (Lipinski definition) is 3. The van der Waals surface area contributed by atoms with Crippen LogP contribution in [0, 0.1) is 19.8 Å². The summed E-state index contributed by atoms with van der Waals surface area (Å²) in [6.07, 6.45) is 7.33. The second-order valence-corrected chi connectivity index (χ2v) is 5.54. The quantitative estimate of drug-likeness (QED) is 0.892. The molecule has 2 rings (SSSR count). The lowest BCUT2D eigenvalue weighted by Gasteiger charge is -2.28. The summed E-state index contributed by atoms with van der Waals surface area (Å²) in [7, 11) is 0. The number of ether oxygens (including phenoxy) is 1. The van der Waals surface area contributed by atoms with Gasteiger partial charge in [0, 0.05) is 11.9 Å². The predicted octanol–water partition coefficient (Wildman–Crippen LogP) is 3.38. The molecule has 0 radical (unpaired) electrons. The van der Waals surface area contributed by atoms with Gasteiger partial charge in [-0.1, -0.05) is 19.8 Å². The SMILES string of the molecule is Cc1cnc(COC2CCCCC2C)c(C)c1N. The van der Waals surface area contributed by atoms with E-state index in [-0.39, 0.29) is 0 Å². The molecular weight excluding hydrogens is 224 g/mol. The van der Waals surface area contributed by atoms with E-state index in [2.05, 4.69) is 11.9 Å². The third kappa shape index (κ3) is 2.83. The van der Waals surface area contributed by atoms with Gasteiger partial charge in [-0.3, -0.25) is 4.98 Å². The first-order valence-corrected chi connectivity index (χ1v) is 6.91. The maximum absolute atomic E-state index is 6.04. The first kappa shape index (κ1) is 13.3. The van der Waals surface area contributed by atoms with Gasteiger partial charge in [-0.25, -0.2) is 0 Å². The molecule has 0 bridgehead atoms. The monoisotopic (exact) mass is 248 g/mol. The fraction of sp³-hybridized carbons (Fsp3) is 0.667. The number of nitrogen functional groups attached to an aromatic ring is 1. The average Bonchev–Trinajstić information content (AvgIpc) is 2.37. The van der Waals surface area contributed by atoms with Gasteiger partial charge in [-0.15, -0.1) is 0 Å². The number of aryl methyl sites for hydroxylation is 1. The summed E-state index contributed by atoms with van der Waals surface area (Å²) in [4.78, 5) is 4.44. The Hall–Kier alpha value is -1.09. The summed E-state index contributed by atoms with van der Waals surface area (Å²) in [6, 6.07) is 0. The molecule has 2 N–H and O–H groups in total. The minimum atomic E-state index is 0.391. The van der Waals surface area contributed by atoms with Crippen molar-refractivity contribution < 1.29 is 4.74 Å². The van der Waals surface area contributed by atoms with Gasteiger partial charge in [0.05, 0.1) is 18.4 Å². The van der Waals surface area contributed by atoms with Gasteiger partial charge in [-0.05, 0) is 43.7 Å². The fourth-order valence-corrected chi connectivity index (χ4v) is 2.65. The third-order valence-electron chi connectivity index (χ3n) is 4.14. The Kier molecular flexibility index (Phi) is 4.23. The van der Waals surface area contributed by atoms with Crippen LogP contribution in [0.2, 0.25) is 0 Å². The molecule has 0 saturated heterocycles. The van der Waals surface area contributed by atoms with E-state index in [1.54, 1.807) is 0 Å². The topological polar surface area (TPSA) is 48.1 Å². The van der Waals surface area contributed by atoms with Gasteiger partial charge in [0.15, 0.2) is 0 Å². The zero-order chi connectivity index (χ0) is 13.1. The van der Waals surface area contributed by atoms with Crippen molar-refractivity contribution in [2.24, 2.45) is 5.92 Å². The Morgan fingerprint density at radius 1 is 1.33 bits per heavy atom. The second-order valence-electron chi connectivity index (χ2n) is 5.54. The van der Waals surface area contributed by atoms with E-state index in [1.165, 1.54) is 25.7 Å². The molecule has 0 aliphatic heterocycles. The van der Waals surface area contributed by atoms with E-state index in [4.69, 9.17) is 10.5 Å². The number of nitrogens with zero attached hydrogens (tertiary/aromatic N) is 1. The molecule has 0 aromatic carbocycles. The van der Waals surface area contributed by atoms with Crippen LogP contribution in [0.25, 0.3) is 0 Å². The highest BCUT2D eigenvalue weighted by atomic mass is 16.5. The van der Waals surface area contributed by atoms with Gasteiger partial charge in [0.2, 0.25) is 0 Å². The number of nitrogens with two attached hydrogens (primary N) is 1. The van der Waals surface area contributed by atoms with Gasteiger partial charge in [-0.2, -0.15) is 0 Å². The van der Waals surface area contributed by atoms with Crippen LogP contribution in [0.4, 0.5) is 5.69 Å². The van der Waals surface area contributed by atoms with Crippen molar-refractivity contribution in [3.05, 3.63) is 23.0 Å². The molecule has 0 spiro atoms. The number of hydrogen-bond donors (Lipinski definition) is 1. The Bertz CT molecular complexity index is 417. The minimum Gasteiger partial charge on any atom is -0.398 e. The Labute approximate surface area is 110 Å². The minimum absolute atomic E-state index is 0.391. The summed E-state index contributed by atoms with van der Waals surface area (Å²) >= 11 is 0. The lowest BCUT2D eigenvalue weighted by Crippen LogP contribution is -2.25. The summed E-state index contributed by atoms with van der Waals surface area (Å²) < 4.78 is 6.04. The largest absolute Gasteiger partial charge is 0.398 e. The highest BCUT2D eigenvalue weighted by molar-refractivity contribution is 5.53. The number of anilines is 1. The second kappa shape index (κ2) is 5.70. The maximum Gasteiger partial charge on any atom is 0.0895 e. The van der Waals surface area contributed by atoms with Crippen molar-refractivity contribution in [3.63, 3.8) is 0 Å². The van der Waals surface area contributed by atoms with E-state index in [1.807, 2.05) is 20.0 Å². The highest BCUT2D eigenvalue weighted by Crippen LogP contribution is 2.27. The molecule has 1 heterocycles. The summed E-state index contributed by atoms with van der Waals surface area (Å²) in [5.41, 5.74) is 9.96. The zero-order valence-corrected chi connectivity index (χ0v) is 11.7. The Morgan fingerprint density at radius 2 is 2.06 bits per heavy atom. The molecule has 0 amide bonds. The Balaban J connectivity index is 1.99. The van der Waals surface area contributed by atoms with Crippen LogP contribution in [-0.2, 0) is 11.3 Å². The standard InChI is InChI=1S/C15H24N2O/c1-10-6-4-5-7-14(10)18-9-13-12(3)15(16)11(2)8-17-13/h8,10,14H,4-7,9H2,1-3H3,(H2,16,17). The molecule has 1 aromatic heterocycles. The van der Waals surface area contributed by atoms with Crippen LogP contribution in [0.15, 0.2) is 6.20 Å². The molecule has 2 atom stereocenters. The molecule has 100 valence electrons. The van der Waals surface area contributed by atoms with Crippen LogP contribution in [0.1, 0.15) is 49.4 Å². The molecule has 2 unspecified atom stereocenters. The van der Waals surface area contributed by atoms with Crippen molar-refractivity contribution in [2.75, 3.05) is 5.73 Å². The van der Waals surface area contributed by atoms with Gasteiger partial charge >= 0.3 is 0 Å². The predicted molar refractivity (Wildman–Crippen MR) is 74.3 cm³/mol. The molecular formula is C15H24N2O. The summed E-state index contributed by atoms with van der Waals surface area (Å²) in [5, 5.41) is 0. The fourth-order valence-electron chi connectivity index (χ4n) is 2.65. The number of aromatic nitrogens is 1. The van der Waals surface area contributed by atoms with Crippen molar-refractivity contribution in [1.82, 2.24) is 4.98 Å². The van der Waals surface area contributed by atoms with Crippen molar-refractivity contribution in [2.45, 2.75) is 59.2 Å². The van der Waals surface area contributed by atoms with Crippen molar-refractivity contribution in [1.29, 1.82) is 0 Å². The van der Waals surface area contributed by atoms with E-state index in [0.717, 1.165) is 22.5 Å². The average molecular weight is 248 g/mol. The summed E-state index contributed by atoms with van der Waals surface area (Å²) in [5.74, 6) is 0.668. The van der Waals surface area contributed by atoms with Gasteiger partial charge in [0.1, 0.15) is 0 Å². The molecule has 1 fully saturated rings. The van der Waals surface area contributed by atoms with Crippen LogP contribution in [0.3, 0.4) is 0 Å². The number of rotatable bonds is 3. The van der Waals surface area contributed by atoms with E-state index in [9.17, 15) is 0 Å². The molecule has 1 aliphatic rings. The van der Waals surface area contributed by atoms with Crippen molar-refractivity contribution in [3.8, 4) is 0 Å². The van der Waals surface area contributed by atoms with Gasteiger partial charge < -0.3 is 10.5 Å². The van der Waals surface area contributed by atoms with E-state index >= 15 is 0 Å². The molecule has 3 nitrogen and oxygen atoms in total. The zero-order valence-electron chi connectivity index (χ0n) is 11.7. The van der Waals surface area contributed by atoms with Crippen LogP contribution in [0.5, 0.6) is 0 Å². The lowest BCUT2D eigenvalue weighted by molar-refractivity contribution is -0.0169. The smallest absolute Gasteiger partial charge is 0.0895 e. The lowest BCUT2D eigenvalue weighted by atomic mass is 9.88. The van der Waals surface area contributed by atoms with Crippen LogP contribution < -0.4 is 5.73 Å². The molecule has 3 heteroatoms. The van der Waals surface area contributed by atoms with E-state index in [0.29, 0.717) is 18.6 Å². The molecule has 1 aliphatic carbocycles. The Morgan fingerprint density at radius 3 is 2.78 bits per heavy atom. The number of pyridine rings is 1. The normalized spacial score (nSPS) is 24.2. The molecule has 18 heavy (non-hydrogen) atoms. The first-order chi connectivity index (χ1) is 8.59. The van der Waals surface area contributed by atoms with Crippen molar-refractivity contribution >= 4 is 5.69 Å².